The Morgan fingerprint density at radius 1 is 1.14 bits per heavy atom. The molecule has 0 fully saturated rings. The Hall–Kier alpha value is -1.41. The molecule has 0 spiro atoms. The Morgan fingerprint density at radius 3 is 2.38 bits per heavy atom. The lowest BCUT2D eigenvalue weighted by Crippen LogP contribution is -2.12. The smallest absolute Gasteiger partial charge is 0.255 e. The van der Waals surface area contributed by atoms with Gasteiger partial charge in [0.2, 0.25) is 0 Å². The van der Waals surface area contributed by atoms with E-state index in [2.05, 4.69) is 27.9 Å². The molecular weight excluding hydrogens is 401 g/mol. The van der Waals surface area contributed by atoms with Gasteiger partial charge in [-0.05, 0) is 65.1 Å². The summed E-state index contributed by atoms with van der Waals surface area (Å²) in [4.78, 5) is 12.3. The maximum absolute atomic E-state index is 12.1. The van der Waals surface area contributed by atoms with Crippen LogP contribution in [0.5, 0.6) is 0 Å². The number of sulfone groups is 1. The van der Waals surface area contributed by atoms with E-state index in [4.69, 9.17) is 0 Å². The molecule has 0 aliphatic heterocycles. The van der Waals surface area contributed by atoms with E-state index >= 15 is 0 Å². The Balaban J connectivity index is 2.16. The van der Waals surface area contributed by atoms with Crippen molar-refractivity contribution in [3.63, 3.8) is 0 Å². The highest BCUT2D eigenvalue weighted by molar-refractivity contribution is 14.1. The van der Waals surface area contributed by atoms with Gasteiger partial charge in [-0.3, -0.25) is 4.79 Å². The zero-order valence-electron chi connectivity index (χ0n) is 11.3. The Morgan fingerprint density at radius 2 is 1.81 bits per heavy atom. The van der Waals surface area contributed by atoms with Crippen molar-refractivity contribution in [2.24, 2.45) is 0 Å². The number of nitrogens with one attached hydrogen (secondary N) is 1. The molecule has 0 bridgehead atoms. The highest BCUT2D eigenvalue weighted by Crippen LogP contribution is 2.16. The molecule has 0 radical (unpaired) electrons. The van der Waals surface area contributed by atoms with Gasteiger partial charge in [0.25, 0.3) is 5.91 Å². The molecule has 110 valence electrons. The second-order valence-electron chi connectivity index (χ2n) is 4.39. The minimum atomic E-state index is -3.21. The van der Waals surface area contributed by atoms with Crippen molar-refractivity contribution in [2.75, 3.05) is 11.1 Å². The molecule has 2 rings (SSSR count). The van der Waals surface area contributed by atoms with Crippen LogP contribution in [0, 0.1) is 3.57 Å². The van der Waals surface area contributed by atoms with Gasteiger partial charge in [-0.25, -0.2) is 8.42 Å². The first-order valence-corrected chi connectivity index (χ1v) is 9.05. The van der Waals surface area contributed by atoms with Crippen molar-refractivity contribution in [1.82, 2.24) is 0 Å². The number of halogens is 1. The van der Waals surface area contributed by atoms with E-state index in [1.165, 1.54) is 12.1 Å². The molecule has 1 amide bonds. The molecule has 6 heteroatoms. The third kappa shape index (κ3) is 4.04. The SMILES string of the molecule is CCS(=O)(=O)c1ccc(NC(=O)c2cccc(I)c2)cc1. The molecule has 0 aliphatic rings. The summed E-state index contributed by atoms with van der Waals surface area (Å²) in [6, 6.07) is 13.4. The number of amides is 1. The monoisotopic (exact) mass is 415 g/mol. The minimum Gasteiger partial charge on any atom is -0.322 e. The van der Waals surface area contributed by atoms with Crippen LogP contribution in [0.15, 0.2) is 53.4 Å². The molecule has 2 aromatic rings. The summed E-state index contributed by atoms with van der Waals surface area (Å²) in [5.74, 6) is -0.166. The van der Waals surface area contributed by atoms with Gasteiger partial charge in [0.1, 0.15) is 0 Å². The van der Waals surface area contributed by atoms with Crippen LogP contribution in [-0.4, -0.2) is 20.1 Å². The standard InChI is InChI=1S/C15H14INO3S/c1-2-21(19,20)14-8-6-13(7-9-14)17-15(18)11-4-3-5-12(16)10-11/h3-10H,2H2,1H3,(H,17,18). The average molecular weight is 415 g/mol. The van der Waals surface area contributed by atoms with Crippen molar-refractivity contribution >= 4 is 44.0 Å². The van der Waals surface area contributed by atoms with Crippen LogP contribution in [0.2, 0.25) is 0 Å². The molecule has 0 saturated carbocycles. The molecule has 0 unspecified atom stereocenters. The van der Waals surface area contributed by atoms with Gasteiger partial charge in [0.15, 0.2) is 9.84 Å². The lowest BCUT2D eigenvalue weighted by molar-refractivity contribution is 0.102. The van der Waals surface area contributed by atoms with E-state index in [0.717, 1.165) is 3.57 Å². The number of carbonyl (C=O) groups is 1. The zero-order valence-corrected chi connectivity index (χ0v) is 14.3. The average Bonchev–Trinajstić information content (AvgIpc) is 2.48. The molecule has 1 N–H and O–H groups in total. The Labute approximate surface area is 137 Å². The van der Waals surface area contributed by atoms with Crippen molar-refractivity contribution < 1.29 is 13.2 Å². The molecule has 0 heterocycles. The van der Waals surface area contributed by atoms with E-state index in [-0.39, 0.29) is 16.6 Å². The lowest BCUT2D eigenvalue weighted by Gasteiger charge is -2.07. The highest BCUT2D eigenvalue weighted by atomic mass is 127. The van der Waals surface area contributed by atoms with Crippen LogP contribution in [0.4, 0.5) is 5.69 Å². The number of carbonyl (C=O) groups excluding carboxylic acids is 1. The molecular formula is C15H14INO3S. The third-order valence-electron chi connectivity index (χ3n) is 2.94. The summed E-state index contributed by atoms with van der Waals surface area (Å²) < 4.78 is 24.4. The number of rotatable bonds is 4. The first-order chi connectivity index (χ1) is 9.92. The molecule has 0 aromatic heterocycles. The van der Waals surface area contributed by atoms with E-state index in [1.54, 1.807) is 31.2 Å². The molecule has 0 atom stereocenters. The predicted octanol–water partition coefficient (Wildman–Crippen LogP) is 3.34. The van der Waals surface area contributed by atoms with E-state index in [0.29, 0.717) is 11.3 Å². The van der Waals surface area contributed by atoms with E-state index in [9.17, 15) is 13.2 Å². The van der Waals surface area contributed by atoms with Crippen LogP contribution < -0.4 is 5.32 Å². The van der Waals surface area contributed by atoms with Gasteiger partial charge in [0.05, 0.1) is 10.6 Å². The third-order valence-corrected chi connectivity index (χ3v) is 5.36. The molecule has 4 nitrogen and oxygen atoms in total. The van der Waals surface area contributed by atoms with E-state index in [1.807, 2.05) is 12.1 Å². The summed E-state index contributed by atoms with van der Waals surface area (Å²) in [6.45, 7) is 1.60. The van der Waals surface area contributed by atoms with Gasteiger partial charge < -0.3 is 5.32 Å². The number of hydrogen-bond acceptors (Lipinski definition) is 3. The summed E-state index contributed by atoms with van der Waals surface area (Å²) in [7, 11) is -3.21. The van der Waals surface area contributed by atoms with Crippen molar-refractivity contribution in [1.29, 1.82) is 0 Å². The van der Waals surface area contributed by atoms with Crippen molar-refractivity contribution in [3.05, 3.63) is 57.7 Å². The summed E-state index contributed by atoms with van der Waals surface area (Å²) in [6.07, 6.45) is 0. The zero-order chi connectivity index (χ0) is 15.5. The summed E-state index contributed by atoms with van der Waals surface area (Å²) in [5, 5.41) is 2.75. The topological polar surface area (TPSA) is 63.2 Å². The normalized spacial score (nSPS) is 11.1. The predicted molar refractivity (Wildman–Crippen MR) is 91.3 cm³/mol. The van der Waals surface area contributed by atoms with Crippen LogP contribution >= 0.6 is 22.6 Å². The molecule has 0 saturated heterocycles. The fourth-order valence-electron chi connectivity index (χ4n) is 1.75. The maximum Gasteiger partial charge on any atom is 0.255 e. The fourth-order valence-corrected chi connectivity index (χ4v) is 3.17. The molecule has 21 heavy (non-hydrogen) atoms. The molecule has 2 aromatic carbocycles. The van der Waals surface area contributed by atoms with Crippen LogP contribution in [0.25, 0.3) is 0 Å². The first-order valence-electron chi connectivity index (χ1n) is 6.32. The Bertz CT molecular complexity index is 755. The fraction of sp³-hybridized carbons (Fsp3) is 0.133. The highest BCUT2D eigenvalue weighted by Gasteiger charge is 2.11. The summed E-state index contributed by atoms with van der Waals surface area (Å²) in [5.41, 5.74) is 1.13. The van der Waals surface area contributed by atoms with Crippen molar-refractivity contribution in [3.8, 4) is 0 Å². The van der Waals surface area contributed by atoms with Crippen LogP contribution in [0.3, 0.4) is 0 Å². The van der Waals surface area contributed by atoms with Crippen molar-refractivity contribution in [2.45, 2.75) is 11.8 Å². The van der Waals surface area contributed by atoms with Gasteiger partial charge in [0, 0.05) is 14.8 Å². The maximum atomic E-state index is 12.1. The van der Waals surface area contributed by atoms with Crippen LogP contribution in [0.1, 0.15) is 17.3 Å². The van der Waals surface area contributed by atoms with Gasteiger partial charge in [-0.15, -0.1) is 0 Å². The summed E-state index contributed by atoms with van der Waals surface area (Å²) >= 11 is 2.14. The number of anilines is 1. The minimum absolute atomic E-state index is 0.0567. The number of hydrogen-bond donors (Lipinski definition) is 1. The molecule has 0 aliphatic carbocycles. The van der Waals surface area contributed by atoms with E-state index < -0.39 is 9.84 Å². The lowest BCUT2D eigenvalue weighted by atomic mass is 10.2. The van der Waals surface area contributed by atoms with Gasteiger partial charge in [-0.1, -0.05) is 13.0 Å². The van der Waals surface area contributed by atoms with Gasteiger partial charge >= 0.3 is 0 Å². The quantitative estimate of drug-likeness (QED) is 0.780. The van der Waals surface area contributed by atoms with Crippen LogP contribution in [-0.2, 0) is 9.84 Å². The first kappa shape index (κ1) is 16.0. The van der Waals surface area contributed by atoms with Gasteiger partial charge in [-0.2, -0.15) is 0 Å². The Kier molecular flexibility index (Phi) is 5.00. The second kappa shape index (κ2) is 6.57. The second-order valence-corrected chi connectivity index (χ2v) is 7.92. The largest absolute Gasteiger partial charge is 0.322 e. The number of benzene rings is 2.